The molecule has 0 saturated carbocycles. The van der Waals surface area contributed by atoms with Gasteiger partial charge in [-0.3, -0.25) is 4.98 Å². The first kappa shape index (κ1) is 12.2. The van der Waals surface area contributed by atoms with Crippen molar-refractivity contribution in [3.05, 3.63) is 54.9 Å². The summed E-state index contributed by atoms with van der Waals surface area (Å²) in [4.78, 5) is 15.3. The minimum absolute atomic E-state index is 0.282. The largest absolute Gasteiger partial charge is 0.371 e. The third-order valence-electron chi connectivity index (χ3n) is 3.45. The first-order valence-corrected chi connectivity index (χ1v) is 6.92. The summed E-state index contributed by atoms with van der Waals surface area (Å²) >= 11 is 0. The average molecular weight is 278 g/mol. The van der Waals surface area contributed by atoms with Gasteiger partial charge in [-0.1, -0.05) is 18.2 Å². The molecule has 5 nitrogen and oxygen atoms in total. The summed E-state index contributed by atoms with van der Waals surface area (Å²) in [5.41, 5.74) is 2.56. The lowest BCUT2D eigenvalue weighted by Gasteiger charge is -2.23. The number of ether oxygens (including phenoxy) is 1. The van der Waals surface area contributed by atoms with Gasteiger partial charge in [-0.2, -0.15) is 0 Å². The van der Waals surface area contributed by atoms with Gasteiger partial charge in [0, 0.05) is 18.1 Å². The number of fused-ring (bicyclic) bond motifs is 1. The van der Waals surface area contributed by atoms with Crippen LogP contribution in [0.1, 0.15) is 0 Å². The molecule has 0 spiro atoms. The summed E-state index contributed by atoms with van der Waals surface area (Å²) in [5.74, 6) is 0.865. The molecule has 1 saturated heterocycles. The van der Waals surface area contributed by atoms with Gasteiger partial charge in [0.25, 0.3) is 0 Å². The number of aromatic nitrogens is 3. The topological polar surface area (TPSA) is 54.4 Å². The molecule has 0 amide bonds. The smallest absolute Gasteiger partial charge is 0.180 e. The molecule has 0 N–H and O–H groups in total. The van der Waals surface area contributed by atoms with Crippen LogP contribution in [0.2, 0.25) is 0 Å². The standard InChI is InChI=1S/C16H14N4O/c1-2-4-12(5-3-1)20(10-13-11-21-13)15-7-6-14-16(19-15)18-9-8-17-14/h1-9,13H,10-11H2. The first-order chi connectivity index (χ1) is 10.4. The van der Waals surface area contributed by atoms with Crippen LogP contribution in [0.4, 0.5) is 11.5 Å². The van der Waals surface area contributed by atoms with Crippen molar-refractivity contribution in [2.75, 3.05) is 18.1 Å². The minimum atomic E-state index is 0.282. The monoisotopic (exact) mass is 278 g/mol. The molecule has 2 aromatic heterocycles. The molecule has 0 aliphatic carbocycles. The zero-order valence-corrected chi connectivity index (χ0v) is 11.4. The second-order valence-electron chi connectivity index (χ2n) is 4.97. The molecule has 3 aromatic rings. The van der Waals surface area contributed by atoms with Gasteiger partial charge >= 0.3 is 0 Å². The fourth-order valence-corrected chi connectivity index (χ4v) is 2.31. The minimum Gasteiger partial charge on any atom is -0.371 e. The summed E-state index contributed by atoms with van der Waals surface area (Å²) in [7, 11) is 0. The van der Waals surface area contributed by atoms with E-state index < -0.39 is 0 Å². The van der Waals surface area contributed by atoms with E-state index in [0.717, 1.165) is 30.2 Å². The highest BCUT2D eigenvalue weighted by molar-refractivity contribution is 5.73. The number of rotatable bonds is 4. The maximum atomic E-state index is 5.37. The van der Waals surface area contributed by atoms with Gasteiger partial charge in [-0.15, -0.1) is 0 Å². The summed E-state index contributed by atoms with van der Waals surface area (Å²) in [6, 6.07) is 14.1. The van der Waals surface area contributed by atoms with Crippen LogP contribution < -0.4 is 4.90 Å². The Balaban J connectivity index is 1.76. The predicted molar refractivity (Wildman–Crippen MR) is 80.5 cm³/mol. The maximum absolute atomic E-state index is 5.37. The van der Waals surface area contributed by atoms with E-state index >= 15 is 0 Å². The number of nitrogens with zero attached hydrogens (tertiary/aromatic N) is 4. The molecule has 1 fully saturated rings. The number of pyridine rings is 1. The van der Waals surface area contributed by atoms with Gasteiger partial charge < -0.3 is 9.64 Å². The Morgan fingerprint density at radius 3 is 2.67 bits per heavy atom. The van der Waals surface area contributed by atoms with E-state index in [4.69, 9.17) is 4.74 Å². The third kappa shape index (κ3) is 2.55. The predicted octanol–water partition coefficient (Wildman–Crippen LogP) is 2.56. The van der Waals surface area contributed by atoms with E-state index in [1.54, 1.807) is 12.4 Å². The number of benzene rings is 1. The van der Waals surface area contributed by atoms with Gasteiger partial charge in [0.05, 0.1) is 19.3 Å². The van der Waals surface area contributed by atoms with Gasteiger partial charge in [0.1, 0.15) is 11.3 Å². The van der Waals surface area contributed by atoms with Gasteiger partial charge in [0.2, 0.25) is 0 Å². The Labute approximate surface area is 122 Å². The van der Waals surface area contributed by atoms with Crippen molar-refractivity contribution in [2.45, 2.75) is 6.10 Å². The van der Waals surface area contributed by atoms with Crippen LogP contribution in [0.5, 0.6) is 0 Å². The number of anilines is 2. The lowest BCUT2D eigenvalue weighted by Crippen LogP contribution is -2.23. The van der Waals surface area contributed by atoms with Crippen molar-refractivity contribution in [1.29, 1.82) is 0 Å². The van der Waals surface area contributed by atoms with Crippen molar-refractivity contribution in [2.24, 2.45) is 0 Å². The Bertz CT molecular complexity index is 758. The van der Waals surface area contributed by atoms with Crippen molar-refractivity contribution in [3.63, 3.8) is 0 Å². The number of para-hydroxylation sites is 1. The molecule has 4 rings (SSSR count). The van der Waals surface area contributed by atoms with E-state index in [0.29, 0.717) is 5.65 Å². The van der Waals surface area contributed by atoms with E-state index in [9.17, 15) is 0 Å². The van der Waals surface area contributed by atoms with Crippen LogP contribution in [0.25, 0.3) is 11.2 Å². The molecule has 5 heteroatoms. The van der Waals surface area contributed by atoms with Crippen molar-refractivity contribution in [3.8, 4) is 0 Å². The molecule has 3 heterocycles. The second-order valence-corrected chi connectivity index (χ2v) is 4.97. The fourth-order valence-electron chi connectivity index (χ4n) is 2.31. The SMILES string of the molecule is c1ccc(N(CC2CO2)c2ccc3nccnc3n2)cc1. The fraction of sp³-hybridized carbons (Fsp3) is 0.188. The Kier molecular flexibility index (Phi) is 2.97. The van der Waals surface area contributed by atoms with Gasteiger partial charge in [-0.05, 0) is 24.3 Å². The molecule has 0 bridgehead atoms. The van der Waals surface area contributed by atoms with E-state index in [1.807, 2.05) is 30.3 Å². The van der Waals surface area contributed by atoms with E-state index in [2.05, 4.69) is 32.0 Å². The van der Waals surface area contributed by atoms with Crippen LogP contribution in [-0.2, 0) is 4.74 Å². The van der Waals surface area contributed by atoms with Crippen molar-refractivity contribution < 1.29 is 4.74 Å². The molecule has 1 aliphatic heterocycles. The second kappa shape index (κ2) is 5.10. The zero-order chi connectivity index (χ0) is 14.1. The molecule has 1 atom stereocenters. The van der Waals surface area contributed by atoms with E-state index in [-0.39, 0.29) is 6.10 Å². The lowest BCUT2D eigenvalue weighted by atomic mass is 10.2. The number of epoxide rings is 1. The summed E-state index contributed by atoms with van der Waals surface area (Å²) in [6.07, 6.45) is 3.62. The van der Waals surface area contributed by atoms with Crippen molar-refractivity contribution >= 4 is 22.7 Å². The Morgan fingerprint density at radius 1 is 1.05 bits per heavy atom. The molecular weight excluding hydrogens is 264 g/mol. The summed E-state index contributed by atoms with van der Waals surface area (Å²) in [5, 5.41) is 0. The van der Waals surface area contributed by atoms with Crippen LogP contribution >= 0.6 is 0 Å². The Hall–Kier alpha value is -2.53. The quantitative estimate of drug-likeness (QED) is 0.686. The average Bonchev–Trinajstić information content (AvgIpc) is 3.37. The molecular formula is C16H14N4O. The van der Waals surface area contributed by atoms with Crippen LogP contribution in [0, 0.1) is 0 Å². The number of hydrogen-bond donors (Lipinski definition) is 0. The molecule has 1 aromatic carbocycles. The third-order valence-corrected chi connectivity index (χ3v) is 3.45. The zero-order valence-electron chi connectivity index (χ0n) is 11.4. The molecule has 21 heavy (non-hydrogen) atoms. The van der Waals surface area contributed by atoms with Gasteiger partial charge in [0.15, 0.2) is 5.65 Å². The number of hydrogen-bond acceptors (Lipinski definition) is 5. The van der Waals surface area contributed by atoms with E-state index in [1.165, 1.54) is 0 Å². The highest BCUT2D eigenvalue weighted by Gasteiger charge is 2.27. The van der Waals surface area contributed by atoms with Crippen LogP contribution in [0.3, 0.4) is 0 Å². The van der Waals surface area contributed by atoms with Crippen molar-refractivity contribution in [1.82, 2.24) is 15.0 Å². The molecule has 0 radical (unpaired) electrons. The Morgan fingerprint density at radius 2 is 1.86 bits per heavy atom. The lowest BCUT2D eigenvalue weighted by molar-refractivity contribution is 0.411. The molecule has 1 unspecified atom stereocenters. The normalized spacial score (nSPS) is 16.9. The molecule has 104 valence electrons. The van der Waals surface area contributed by atoms with Crippen LogP contribution in [0.15, 0.2) is 54.9 Å². The summed E-state index contributed by atoms with van der Waals surface area (Å²) < 4.78 is 5.37. The highest BCUT2D eigenvalue weighted by Crippen LogP contribution is 2.27. The van der Waals surface area contributed by atoms with Crippen LogP contribution in [-0.4, -0.2) is 34.2 Å². The summed E-state index contributed by atoms with van der Waals surface area (Å²) in [6.45, 7) is 1.61. The highest BCUT2D eigenvalue weighted by atomic mass is 16.6. The maximum Gasteiger partial charge on any atom is 0.180 e. The first-order valence-electron chi connectivity index (χ1n) is 6.92. The van der Waals surface area contributed by atoms with Gasteiger partial charge in [-0.25, -0.2) is 9.97 Å². The molecule has 1 aliphatic rings.